The van der Waals surface area contributed by atoms with Crippen LogP contribution in [0, 0.1) is 0 Å². The monoisotopic (exact) mass is 355 g/mol. The topological polar surface area (TPSA) is 48.0 Å². The van der Waals surface area contributed by atoms with Gasteiger partial charge in [0.25, 0.3) is 0 Å². The lowest BCUT2D eigenvalue weighted by Gasteiger charge is -2.32. The quantitative estimate of drug-likeness (QED) is 0.660. The molecule has 0 bridgehead atoms. The third kappa shape index (κ3) is 4.76. The van der Waals surface area contributed by atoms with Crippen LogP contribution in [0.2, 0.25) is 0 Å². The third-order valence-corrected chi connectivity index (χ3v) is 5.04. The minimum Gasteiger partial charge on any atom is -0.444 e. The molecule has 2 aliphatic heterocycles. The predicted molar refractivity (Wildman–Crippen MR) is 95.9 cm³/mol. The zero-order valence-electron chi connectivity index (χ0n) is 16.6. The maximum absolute atomic E-state index is 15.0. The number of hydrogen-bond donors (Lipinski definition) is 0. The first-order chi connectivity index (χ1) is 11.3. The highest BCUT2D eigenvalue weighted by Crippen LogP contribution is 2.40. The van der Waals surface area contributed by atoms with Crippen LogP contribution in [0.1, 0.15) is 67.7 Å². The number of hydrogen-bond acceptors (Lipinski definition) is 4. The fraction of sp³-hybridized carbons (Fsp3) is 0.833. The Morgan fingerprint density at radius 2 is 1.68 bits per heavy atom. The molecule has 7 heteroatoms. The van der Waals surface area contributed by atoms with Crippen LogP contribution in [0.25, 0.3) is 0 Å². The van der Waals surface area contributed by atoms with Gasteiger partial charge in [-0.25, -0.2) is 9.18 Å². The Morgan fingerprint density at radius 3 is 2.20 bits per heavy atom. The predicted octanol–water partition coefficient (Wildman–Crippen LogP) is 4.26. The van der Waals surface area contributed by atoms with Crippen LogP contribution in [0.4, 0.5) is 9.18 Å². The van der Waals surface area contributed by atoms with Crippen molar-refractivity contribution < 1.29 is 23.2 Å². The first-order valence-corrected chi connectivity index (χ1v) is 9.03. The molecule has 0 aliphatic carbocycles. The maximum atomic E-state index is 15.0. The molecule has 2 heterocycles. The Morgan fingerprint density at radius 1 is 1.12 bits per heavy atom. The summed E-state index contributed by atoms with van der Waals surface area (Å²) in [4.78, 5) is 13.9. The molecule has 0 aromatic carbocycles. The second kappa shape index (κ2) is 6.91. The largest absolute Gasteiger partial charge is 0.525 e. The Kier molecular flexibility index (Phi) is 5.60. The molecule has 142 valence electrons. The minimum atomic E-state index is -0.965. The van der Waals surface area contributed by atoms with E-state index in [0.29, 0.717) is 37.9 Å². The van der Waals surface area contributed by atoms with Gasteiger partial charge in [0.1, 0.15) is 11.3 Å². The van der Waals surface area contributed by atoms with Gasteiger partial charge in [0, 0.05) is 13.1 Å². The van der Waals surface area contributed by atoms with Crippen LogP contribution in [-0.4, -0.2) is 48.0 Å². The molecule has 0 aromatic heterocycles. The molecular weight excluding hydrogens is 324 g/mol. The van der Waals surface area contributed by atoms with Crippen LogP contribution in [-0.2, 0) is 14.0 Å². The van der Waals surface area contributed by atoms with Gasteiger partial charge in [-0.1, -0.05) is 0 Å². The van der Waals surface area contributed by atoms with Gasteiger partial charge < -0.3 is 18.9 Å². The van der Waals surface area contributed by atoms with Gasteiger partial charge in [-0.05, 0) is 73.3 Å². The van der Waals surface area contributed by atoms with E-state index in [9.17, 15) is 9.18 Å². The van der Waals surface area contributed by atoms with Crippen molar-refractivity contribution in [1.82, 2.24) is 4.90 Å². The van der Waals surface area contributed by atoms with Crippen LogP contribution in [0.5, 0.6) is 0 Å². The lowest BCUT2D eigenvalue weighted by Crippen LogP contribution is -2.41. The van der Waals surface area contributed by atoms with Crippen molar-refractivity contribution in [1.29, 1.82) is 0 Å². The zero-order valence-corrected chi connectivity index (χ0v) is 16.6. The molecule has 2 saturated heterocycles. The van der Waals surface area contributed by atoms with Crippen molar-refractivity contribution in [2.24, 2.45) is 0 Å². The fourth-order valence-electron chi connectivity index (χ4n) is 2.85. The first-order valence-electron chi connectivity index (χ1n) is 9.03. The number of ether oxygens (including phenoxy) is 1. The van der Waals surface area contributed by atoms with E-state index in [1.165, 1.54) is 0 Å². The smallest absolute Gasteiger partial charge is 0.444 e. The summed E-state index contributed by atoms with van der Waals surface area (Å²) in [6, 6.07) is 0. The summed E-state index contributed by atoms with van der Waals surface area (Å²) in [5, 5.41) is 0. The molecule has 25 heavy (non-hydrogen) atoms. The highest BCUT2D eigenvalue weighted by molar-refractivity contribution is 6.53. The van der Waals surface area contributed by atoms with Crippen molar-refractivity contribution in [2.75, 3.05) is 13.1 Å². The summed E-state index contributed by atoms with van der Waals surface area (Å²) >= 11 is 0. The fourth-order valence-corrected chi connectivity index (χ4v) is 2.85. The van der Waals surface area contributed by atoms with E-state index in [-0.39, 0.29) is 11.8 Å². The van der Waals surface area contributed by atoms with E-state index in [1.807, 2.05) is 48.5 Å². The summed E-state index contributed by atoms with van der Waals surface area (Å²) in [6.07, 6.45) is 1.41. The Hall–Kier alpha value is -1.08. The van der Waals surface area contributed by atoms with Crippen LogP contribution in [0.3, 0.4) is 0 Å². The Labute approximate surface area is 151 Å². The number of nitrogens with zero attached hydrogens (tertiary/aromatic N) is 1. The molecule has 0 N–H and O–H groups in total. The molecule has 0 spiro atoms. The summed E-state index contributed by atoms with van der Waals surface area (Å²) in [6.45, 7) is 14.1. The van der Waals surface area contributed by atoms with E-state index in [1.54, 1.807) is 4.90 Å². The van der Waals surface area contributed by atoms with Gasteiger partial charge in [-0.3, -0.25) is 0 Å². The zero-order chi connectivity index (χ0) is 19.0. The number of halogens is 1. The van der Waals surface area contributed by atoms with E-state index in [0.717, 1.165) is 0 Å². The van der Waals surface area contributed by atoms with E-state index < -0.39 is 23.9 Å². The van der Waals surface area contributed by atoms with Gasteiger partial charge in [0.2, 0.25) is 0 Å². The van der Waals surface area contributed by atoms with Gasteiger partial charge >= 0.3 is 13.2 Å². The average Bonchev–Trinajstić information content (AvgIpc) is 2.63. The van der Waals surface area contributed by atoms with E-state index in [4.69, 9.17) is 14.0 Å². The Bertz CT molecular complexity index is 538. The highest BCUT2D eigenvalue weighted by atomic mass is 19.1. The number of rotatable bonds is 1. The van der Waals surface area contributed by atoms with Crippen LogP contribution in [0.15, 0.2) is 11.3 Å². The molecule has 2 fully saturated rings. The maximum Gasteiger partial charge on any atom is 0.525 e. The first kappa shape index (κ1) is 20.2. The van der Waals surface area contributed by atoms with Crippen molar-refractivity contribution in [3.8, 4) is 0 Å². The van der Waals surface area contributed by atoms with Crippen LogP contribution >= 0.6 is 0 Å². The summed E-state index contributed by atoms with van der Waals surface area (Å²) < 4.78 is 32.0. The molecule has 0 saturated carbocycles. The number of carbonyl (C=O) groups is 1. The highest BCUT2D eigenvalue weighted by Gasteiger charge is 2.53. The Balaban J connectivity index is 2.05. The lowest BCUT2D eigenvalue weighted by atomic mass is 9.83. The van der Waals surface area contributed by atoms with Gasteiger partial charge in [-0.2, -0.15) is 0 Å². The molecule has 0 unspecified atom stereocenters. The van der Waals surface area contributed by atoms with E-state index in [2.05, 4.69) is 0 Å². The summed E-state index contributed by atoms with van der Waals surface area (Å²) in [5.74, 6) is 0. The van der Waals surface area contributed by atoms with Crippen molar-refractivity contribution in [3.63, 3.8) is 0 Å². The SMILES string of the molecule is CC(C)(C)OC(=O)N1CCCC(=C(F)B2OC(C)(C)C(C)(C)O2)CC1. The molecule has 1 amide bonds. The van der Waals surface area contributed by atoms with Crippen LogP contribution < -0.4 is 0 Å². The second-order valence-corrected chi connectivity index (χ2v) is 8.86. The number of carbonyl (C=O) groups excluding carboxylic acids is 1. The molecule has 5 nitrogen and oxygen atoms in total. The van der Waals surface area contributed by atoms with Gasteiger partial charge in [0.15, 0.2) is 0 Å². The minimum absolute atomic E-state index is 0.343. The van der Waals surface area contributed by atoms with Crippen molar-refractivity contribution in [3.05, 3.63) is 11.3 Å². The molecule has 0 aromatic rings. The standard InChI is InChI=1S/C18H31BFNO4/c1-16(2,3)23-15(22)21-11-8-9-13(10-12-21)14(20)19-24-17(4,5)18(6,7)25-19/h8-12H2,1-7H3. The van der Waals surface area contributed by atoms with Crippen molar-refractivity contribution in [2.45, 2.75) is 84.5 Å². The lowest BCUT2D eigenvalue weighted by molar-refractivity contribution is 0.00578. The summed E-state index contributed by atoms with van der Waals surface area (Å²) in [5.41, 5.74) is -1.34. The third-order valence-electron chi connectivity index (χ3n) is 5.04. The molecule has 2 aliphatic rings. The second-order valence-electron chi connectivity index (χ2n) is 8.86. The van der Waals surface area contributed by atoms with Gasteiger partial charge in [-0.15, -0.1) is 0 Å². The number of amides is 1. The average molecular weight is 355 g/mol. The normalized spacial score (nSPS) is 25.6. The molecule has 0 atom stereocenters. The van der Waals surface area contributed by atoms with Crippen molar-refractivity contribution >= 4 is 13.2 Å². The van der Waals surface area contributed by atoms with E-state index >= 15 is 0 Å². The molecule has 2 rings (SSSR count). The molecule has 0 radical (unpaired) electrons. The van der Waals surface area contributed by atoms with Gasteiger partial charge in [0.05, 0.1) is 11.2 Å². The molecular formula is C18H31BFNO4. The summed E-state index contributed by atoms with van der Waals surface area (Å²) in [7, 11) is -0.965. The number of likely N-dealkylation sites (tertiary alicyclic amines) is 1.